The number of unbranched alkanes of at least 4 members (excludes halogenated alkanes) is 6. The average Bonchev–Trinajstić information content (AvgIpc) is 2.72. The molecule has 1 aliphatic carbocycles. The van der Waals surface area contributed by atoms with Gasteiger partial charge in [0.15, 0.2) is 0 Å². The Bertz CT molecular complexity index is 485. The quantitative estimate of drug-likeness (QED) is 0.300. The lowest BCUT2D eigenvalue weighted by atomic mass is 9.76. The van der Waals surface area contributed by atoms with E-state index in [1.165, 1.54) is 108 Å². The molecule has 1 heterocycles. The van der Waals surface area contributed by atoms with E-state index in [0.717, 1.165) is 6.61 Å². The molecule has 2 rings (SSSR count). The fourth-order valence-electron chi connectivity index (χ4n) is 5.01. The summed E-state index contributed by atoms with van der Waals surface area (Å²) in [6, 6.07) is 0. The number of ether oxygens (including phenoxy) is 1. The highest BCUT2D eigenvalue weighted by molar-refractivity contribution is 5.91. The molecule has 0 aromatic carbocycles. The first kappa shape index (κ1) is 24.4. The summed E-state index contributed by atoms with van der Waals surface area (Å²) in [4.78, 5) is 0. The van der Waals surface area contributed by atoms with Gasteiger partial charge in [-0.05, 0) is 62.9 Å². The van der Waals surface area contributed by atoms with Crippen molar-refractivity contribution in [2.75, 3.05) is 6.61 Å². The minimum absolute atomic E-state index is 0.459. The zero-order valence-electron chi connectivity index (χ0n) is 19.7. The topological polar surface area (TPSA) is 33.6 Å². The van der Waals surface area contributed by atoms with E-state index in [4.69, 9.17) is 9.84 Å². The van der Waals surface area contributed by atoms with Crippen molar-refractivity contribution in [3.05, 3.63) is 11.8 Å². The largest absolute Gasteiger partial charge is 0.378 e. The van der Waals surface area contributed by atoms with Gasteiger partial charge in [0, 0.05) is 24.4 Å². The molecule has 2 aliphatic rings. The molecule has 0 radical (unpaired) electrons. The molecule has 0 amide bonds. The lowest BCUT2D eigenvalue weighted by Gasteiger charge is -2.33. The minimum Gasteiger partial charge on any atom is -0.378 e. The summed E-state index contributed by atoms with van der Waals surface area (Å²) in [5.41, 5.74) is 6.36. The van der Waals surface area contributed by atoms with Crippen molar-refractivity contribution in [1.29, 1.82) is 0 Å². The van der Waals surface area contributed by atoms with Crippen LogP contribution in [0.1, 0.15) is 124 Å². The molecule has 0 saturated heterocycles. The number of hydrogen-bond acceptors (Lipinski definition) is 3. The summed E-state index contributed by atoms with van der Waals surface area (Å²) >= 11 is 0. The molecule has 1 aliphatic heterocycles. The third kappa shape index (κ3) is 8.82. The molecular weight excluding hydrogens is 356 g/mol. The van der Waals surface area contributed by atoms with Crippen LogP contribution in [0.2, 0.25) is 0 Å². The number of hydrazone groups is 1. The lowest BCUT2D eigenvalue weighted by molar-refractivity contribution is 0.0351. The molecule has 0 aromatic heterocycles. The van der Waals surface area contributed by atoms with Gasteiger partial charge in [0.1, 0.15) is 0 Å². The highest BCUT2D eigenvalue weighted by atomic mass is 16.5. The molecule has 1 fully saturated rings. The summed E-state index contributed by atoms with van der Waals surface area (Å²) < 4.78 is 6.26. The number of hydrogen-bond donors (Lipinski definition) is 1. The summed E-state index contributed by atoms with van der Waals surface area (Å²) in [7, 11) is 0. The van der Waals surface area contributed by atoms with E-state index in [-0.39, 0.29) is 0 Å². The fraction of sp³-hybridized carbons (Fsp3) is 0.885. The molecule has 0 aromatic rings. The molecule has 1 saturated carbocycles. The number of fused-ring (bicyclic) bond motifs is 1. The van der Waals surface area contributed by atoms with E-state index in [0.29, 0.717) is 17.9 Å². The van der Waals surface area contributed by atoms with Gasteiger partial charge in [0.25, 0.3) is 0 Å². The van der Waals surface area contributed by atoms with Crippen LogP contribution < -0.4 is 5.43 Å². The van der Waals surface area contributed by atoms with Gasteiger partial charge in [-0.3, -0.25) is 5.43 Å². The SMILES string of the molecule is CCCCCCOC1CCCC2C(=CNN=C2C(CCCC)CCCCC)CC1. The van der Waals surface area contributed by atoms with E-state index >= 15 is 0 Å². The van der Waals surface area contributed by atoms with E-state index in [2.05, 4.69) is 32.4 Å². The second-order valence-corrected chi connectivity index (χ2v) is 9.30. The predicted molar refractivity (Wildman–Crippen MR) is 126 cm³/mol. The molecular formula is C26H48N2O. The normalized spacial score (nSPS) is 23.3. The Kier molecular flexibility index (Phi) is 12.7. The maximum Gasteiger partial charge on any atom is 0.0578 e. The van der Waals surface area contributed by atoms with Crippen molar-refractivity contribution < 1.29 is 4.74 Å². The van der Waals surface area contributed by atoms with E-state index in [1.807, 2.05) is 0 Å². The van der Waals surface area contributed by atoms with Gasteiger partial charge in [-0.25, -0.2) is 0 Å². The van der Waals surface area contributed by atoms with Gasteiger partial charge in [-0.1, -0.05) is 72.1 Å². The van der Waals surface area contributed by atoms with Crippen LogP contribution in [0, 0.1) is 11.8 Å². The molecule has 0 spiro atoms. The van der Waals surface area contributed by atoms with Crippen LogP contribution >= 0.6 is 0 Å². The van der Waals surface area contributed by atoms with Gasteiger partial charge in [-0.2, -0.15) is 5.10 Å². The van der Waals surface area contributed by atoms with E-state index in [1.54, 1.807) is 5.57 Å². The Morgan fingerprint density at radius 1 is 0.931 bits per heavy atom. The van der Waals surface area contributed by atoms with E-state index in [9.17, 15) is 0 Å². The molecule has 3 unspecified atom stereocenters. The van der Waals surface area contributed by atoms with Gasteiger partial charge in [0.2, 0.25) is 0 Å². The van der Waals surface area contributed by atoms with Crippen LogP contribution in [0.25, 0.3) is 0 Å². The van der Waals surface area contributed by atoms with Gasteiger partial charge < -0.3 is 4.74 Å². The lowest BCUT2D eigenvalue weighted by Crippen LogP contribution is -2.33. The standard InChI is InChI=1S/C26H48N2O/c1-4-7-10-12-20-29-24-16-13-17-25-23(18-19-24)21-27-28-26(25)22(14-9-6-3)15-11-8-5-2/h21-22,24-25,27H,4-20H2,1-3H3. The zero-order chi connectivity index (χ0) is 20.7. The Balaban J connectivity index is 1.89. The summed E-state index contributed by atoms with van der Waals surface area (Å²) in [6.45, 7) is 7.84. The highest BCUT2D eigenvalue weighted by Gasteiger charge is 2.31. The van der Waals surface area contributed by atoms with Gasteiger partial charge in [0.05, 0.1) is 6.10 Å². The van der Waals surface area contributed by atoms with Crippen molar-refractivity contribution >= 4 is 5.71 Å². The molecule has 1 N–H and O–H groups in total. The minimum atomic E-state index is 0.459. The Morgan fingerprint density at radius 3 is 2.48 bits per heavy atom. The second kappa shape index (κ2) is 15.0. The van der Waals surface area contributed by atoms with Crippen molar-refractivity contribution in [2.24, 2.45) is 16.9 Å². The second-order valence-electron chi connectivity index (χ2n) is 9.30. The molecule has 29 heavy (non-hydrogen) atoms. The molecule has 3 nitrogen and oxygen atoms in total. The Labute approximate surface area is 181 Å². The van der Waals surface area contributed by atoms with Crippen LogP contribution in [0.3, 0.4) is 0 Å². The number of allylic oxidation sites excluding steroid dienone is 1. The van der Waals surface area contributed by atoms with Gasteiger partial charge >= 0.3 is 0 Å². The van der Waals surface area contributed by atoms with Crippen LogP contribution in [0.4, 0.5) is 0 Å². The number of nitrogens with one attached hydrogen (secondary N) is 1. The monoisotopic (exact) mass is 404 g/mol. The van der Waals surface area contributed by atoms with Gasteiger partial charge in [-0.15, -0.1) is 0 Å². The molecule has 168 valence electrons. The van der Waals surface area contributed by atoms with Crippen molar-refractivity contribution in [2.45, 2.75) is 130 Å². The smallest absolute Gasteiger partial charge is 0.0578 e. The first-order valence-corrected chi connectivity index (χ1v) is 12.9. The fourth-order valence-corrected chi connectivity index (χ4v) is 5.01. The number of rotatable bonds is 14. The molecule has 0 bridgehead atoms. The first-order valence-electron chi connectivity index (χ1n) is 12.9. The summed E-state index contributed by atoms with van der Waals surface area (Å²) in [5, 5.41) is 4.87. The van der Waals surface area contributed by atoms with E-state index < -0.39 is 0 Å². The summed E-state index contributed by atoms with van der Waals surface area (Å²) in [6.07, 6.45) is 23.2. The third-order valence-electron chi connectivity index (χ3n) is 6.85. The van der Waals surface area contributed by atoms with Crippen LogP contribution in [0.15, 0.2) is 16.9 Å². The highest BCUT2D eigenvalue weighted by Crippen LogP contribution is 2.35. The Morgan fingerprint density at radius 2 is 1.69 bits per heavy atom. The summed E-state index contributed by atoms with van der Waals surface area (Å²) in [5.74, 6) is 1.26. The predicted octanol–water partition coefficient (Wildman–Crippen LogP) is 7.76. The van der Waals surface area contributed by atoms with Crippen LogP contribution in [-0.4, -0.2) is 18.4 Å². The molecule has 3 atom stereocenters. The van der Waals surface area contributed by atoms with Crippen molar-refractivity contribution in [1.82, 2.24) is 5.43 Å². The zero-order valence-corrected chi connectivity index (χ0v) is 19.7. The van der Waals surface area contributed by atoms with Crippen LogP contribution in [0.5, 0.6) is 0 Å². The maximum absolute atomic E-state index is 6.26. The van der Waals surface area contributed by atoms with Crippen molar-refractivity contribution in [3.8, 4) is 0 Å². The first-order chi connectivity index (χ1) is 14.3. The number of nitrogens with zero attached hydrogens (tertiary/aromatic N) is 1. The van der Waals surface area contributed by atoms with Crippen molar-refractivity contribution in [3.63, 3.8) is 0 Å². The maximum atomic E-state index is 6.26. The third-order valence-corrected chi connectivity index (χ3v) is 6.85. The molecule has 3 heteroatoms. The Hall–Kier alpha value is -0.830. The van der Waals surface area contributed by atoms with Crippen LogP contribution in [-0.2, 0) is 4.74 Å². The average molecular weight is 405 g/mol.